The molecule has 2 heterocycles. The highest BCUT2D eigenvalue weighted by molar-refractivity contribution is 5.98. The number of aromatic nitrogens is 1. The van der Waals surface area contributed by atoms with Crippen LogP contribution in [0.5, 0.6) is 11.5 Å². The lowest BCUT2D eigenvalue weighted by atomic mass is 9.71. The van der Waals surface area contributed by atoms with Crippen molar-refractivity contribution in [1.82, 2.24) is 9.88 Å². The zero-order valence-electron chi connectivity index (χ0n) is 20.1. The minimum atomic E-state index is -0.852. The monoisotopic (exact) mass is 473 g/mol. The molecule has 0 unspecified atom stereocenters. The van der Waals surface area contributed by atoms with Crippen molar-refractivity contribution in [3.63, 3.8) is 0 Å². The van der Waals surface area contributed by atoms with E-state index in [1.807, 2.05) is 60.7 Å². The van der Waals surface area contributed by atoms with Crippen molar-refractivity contribution >= 4 is 12.0 Å². The van der Waals surface area contributed by atoms with E-state index in [9.17, 15) is 14.7 Å². The Morgan fingerprint density at radius 1 is 1.00 bits per heavy atom. The third-order valence-corrected chi connectivity index (χ3v) is 6.83. The predicted molar refractivity (Wildman–Crippen MR) is 135 cm³/mol. The van der Waals surface area contributed by atoms with Crippen LogP contribution in [0.2, 0.25) is 0 Å². The minimum Gasteiger partial charge on any atom is -0.465 e. The fourth-order valence-electron chi connectivity index (χ4n) is 4.79. The summed E-state index contributed by atoms with van der Waals surface area (Å²) in [6.45, 7) is 5.51. The number of primary amides is 1. The molecule has 3 N–H and O–H groups in total. The van der Waals surface area contributed by atoms with Crippen LogP contribution in [0.3, 0.4) is 0 Å². The lowest BCUT2D eigenvalue weighted by molar-refractivity contribution is 0.0878. The first-order valence-corrected chi connectivity index (χ1v) is 11.8. The molecular formula is C28H31N3O4. The number of nitrogens with two attached hydrogens (primary N) is 1. The minimum absolute atomic E-state index is 0.0729. The number of ether oxygens (including phenoxy) is 1. The van der Waals surface area contributed by atoms with Crippen molar-refractivity contribution in [2.24, 2.45) is 17.1 Å². The van der Waals surface area contributed by atoms with E-state index in [2.05, 4.69) is 13.8 Å². The van der Waals surface area contributed by atoms with Crippen LogP contribution in [0.1, 0.15) is 42.7 Å². The molecule has 2 aromatic carbocycles. The van der Waals surface area contributed by atoms with Gasteiger partial charge in [0.1, 0.15) is 11.5 Å². The second-order valence-corrected chi connectivity index (χ2v) is 9.71. The summed E-state index contributed by atoms with van der Waals surface area (Å²) in [6, 6.07) is 20.6. The summed E-state index contributed by atoms with van der Waals surface area (Å²) in [7, 11) is 0. The van der Waals surface area contributed by atoms with Crippen LogP contribution in [-0.2, 0) is 6.42 Å². The summed E-state index contributed by atoms with van der Waals surface area (Å²) in [5.74, 6) is 1.29. The van der Waals surface area contributed by atoms with Gasteiger partial charge in [-0.05, 0) is 79.1 Å². The number of benzene rings is 2. The maximum atomic E-state index is 12.1. The Hall–Kier alpha value is -3.87. The molecule has 0 spiro atoms. The molecule has 182 valence electrons. The van der Waals surface area contributed by atoms with Crippen LogP contribution in [-0.4, -0.2) is 40.1 Å². The molecule has 0 radical (unpaired) electrons. The molecule has 0 bridgehead atoms. The van der Waals surface area contributed by atoms with E-state index < -0.39 is 12.0 Å². The first-order chi connectivity index (χ1) is 16.7. The topological polar surface area (TPSA) is 106 Å². The molecule has 1 aliphatic heterocycles. The smallest absolute Gasteiger partial charge is 0.407 e. The van der Waals surface area contributed by atoms with E-state index in [4.69, 9.17) is 15.5 Å². The van der Waals surface area contributed by atoms with Gasteiger partial charge in [-0.1, -0.05) is 32.0 Å². The zero-order valence-corrected chi connectivity index (χ0v) is 20.1. The SMILES string of the molecule is CC(C)(Cc1ccc(C(N)=O)c(-c2ccc(Oc3ccccc3)cc2)n1)C1CCN(C(=O)O)CC1. The average molecular weight is 474 g/mol. The van der Waals surface area contributed by atoms with E-state index in [0.29, 0.717) is 42.4 Å². The highest BCUT2D eigenvalue weighted by Gasteiger charge is 2.34. The second-order valence-electron chi connectivity index (χ2n) is 9.71. The standard InChI is InChI=1S/C28H31N3O4/c1-28(2,20-14-16-31(17-15-20)27(33)34)18-21-10-13-24(26(29)32)25(30-21)19-8-11-23(12-9-19)35-22-6-4-3-5-7-22/h3-13,20H,14-18H2,1-2H3,(H2,29,32)(H,33,34). The average Bonchev–Trinajstić information content (AvgIpc) is 2.85. The van der Waals surface area contributed by atoms with Gasteiger partial charge in [0, 0.05) is 24.3 Å². The van der Waals surface area contributed by atoms with Crippen LogP contribution in [0, 0.1) is 11.3 Å². The Balaban J connectivity index is 1.54. The summed E-state index contributed by atoms with van der Waals surface area (Å²) in [5, 5.41) is 9.23. The molecule has 4 rings (SSSR count). The van der Waals surface area contributed by atoms with Crippen LogP contribution in [0.4, 0.5) is 4.79 Å². The van der Waals surface area contributed by atoms with Crippen molar-refractivity contribution in [3.05, 3.63) is 78.0 Å². The molecule has 7 heteroatoms. The van der Waals surface area contributed by atoms with Gasteiger partial charge in [-0.2, -0.15) is 0 Å². The van der Waals surface area contributed by atoms with Gasteiger partial charge < -0.3 is 20.5 Å². The van der Waals surface area contributed by atoms with Crippen LogP contribution in [0.25, 0.3) is 11.3 Å². The van der Waals surface area contributed by atoms with Crippen molar-refractivity contribution in [1.29, 1.82) is 0 Å². The number of likely N-dealkylation sites (tertiary alicyclic amines) is 1. The summed E-state index contributed by atoms with van der Waals surface area (Å²) < 4.78 is 5.87. The van der Waals surface area contributed by atoms with Gasteiger partial charge in [0.25, 0.3) is 5.91 Å². The highest BCUT2D eigenvalue weighted by Crippen LogP contribution is 2.38. The first-order valence-electron chi connectivity index (χ1n) is 11.8. The Morgan fingerprint density at radius 2 is 1.63 bits per heavy atom. The highest BCUT2D eigenvalue weighted by atomic mass is 16.5. The van der Waals surface area contributed by atoms with Crippen molar-refractivity contribution in [2.75, 3.05) is 13.1 Å². The maximum Gasteiger partial charge on any atom is 0.407 e. The fourth-order valence-corrected chi connectivity index (χ4v) is 4.79. The van der Waals surface area contributed by atoms with Gasteiger partial charge in [0.05, 0.1) is 11.3 Å². The molecule has 2 amide bonds. The lowest BCUT2D eigenvalue weighted by Crippen LogP contribution is -2.42. The van der Waals surface area contributed by atoms with E-state index >= 15 is 0 Å². The molecule has 0 atom stereocenters. The Bertz CT molecular complexity index is 1180. The molecule has 1 fully saturated rings. The molecule has 1 saturated heterocycles. The summed E-state index contributed by atoms with van der Waals surface area (Å²) in [6.07, 6.45) is 1.52. The third kappa shape index (κ3) is 5.80. The maximum absolute atomic E-state index is 12.1. The largest absolute Gasteiger partial charge is 0.465 e. The molecule has 0 saturated carbocycles. The van der Waals surface area contributed by atoms with Crippen molar-refractivity contribution < 1.29 is 19.4 Å². The van der Waals surface area contributed by atoms with Crippen molar-refractivity contribution in [2.45, 2.75) is 33.1 Å². The summed E-state index contributed by atoms with van der Waals surface area (Å²) in [4.78, 5) is 29.7. The Labute approximate surface area is 205 Å². The quantitative estimate of drug-likeness (QED) is 0.465. The molecule has 3 aromatic rings. The van der Waals surface area contributed by atoms with Gasteiger partial charge in [-0.15, -0.1) is 0 Å². The number of carbonyl (C=O) groups excluding carboxylic acids is 1. The Morgan fingerprint density at radius 3 is 2.23 bits per heavy atom. The van der Waals surface area contributed by atoms with Gasteiger partial charge in [0.2, 0.25) is 0 Å². The molecule has 1 aromatic heterocycles. The predicted octanol–water partition coefficient (Wildman–Crippen LogP) is 5.60. The van der Waals surface area contributed by atoms with Gasteiger partial charge >= 0.3 is 6.09 Å². The molecule has 35 heavy (non-hydrogen) atoms. The molecule has 1 aliphatic rings. The number of hydrogen-bond donors (Lipinski definition) is 2. The number of carbonyl (C=O) groups is 2. The van der Waals surface area contributed by atoms with Gasteiger partial charge in [-0.25, -0.2) is 4.79 Å². The number of amides is 2. The number of piperidine rings is 1. The number of pyridine rings is 1. The van der Waals surface area contributed by atoms with E-state index in [-0.39, 0.29) is 5.41 Å². The Kier molecular flexibility index (Phi) is 7.05. The number of para-hydroxylation sites is 1. The number of carboxylic acid groups (broad SMARTS) is 1. The molecule has 0 aliphatic carbocycles. The fraction of sp³-hybridized carbons (Fsp3) is 0.321. The second kappa shape index (κ2) is 10.2. The van der Waals surface area contributed by atoms with Crippen molar-refractivity contribution in [3.8, 4) is 22.8 Å². The van der Waals surface area contributed by atoms with E-state index in [1.165, 1.54) is 4.90 Å². The molecular weight excluding hydrogens is 442 g/mol. The van der Waals surface area contributed by atoms with Gasteiger partial charge in [0.15, 0.2) is 0 Å². The lowest BCUT2D eigenvalue weighted by Gasteiger charge is -2.40. The van der Waals surface area contributed by atoms with Crippen LogP contribution in [0.15, 0.2) is 66.7 Å². The first kappa shape index (κ1) is 24.3. The third-order valence-electron chi connectivity index (χ3n) is 6.83. The van der Waals surface area contributed by atoms with Crippen LogP contribution < -0.4 is 10.5 Å². The number of rotatable bonds is 7. The van der Waals surface area contributed by atoms with E-state index in [1.54, 1.807) is 6.07 Å². The number of hydrogen-bond acceptors (Lipinski definition) is 4. The summed E-state index contributed by atoms with van der Waals surface area (Å²) in [5.41, 5.74) is 8.17. The zero-order chi connectivity index (χ0) is 25.0. The van der Waals surface area contributed by atoms with E-state index in [0.717, 1.165) is 29.8 Å². The normalized spacial score (nSPS) is 14.5. The van der Waals surface area contributed by atoms with Gasteiger partial charge in [-0.3, -0.25) is 9.78 Å². The summed E-state index contributed by atoms with van der Waals surface area (Å²) >= 11 is 0. The van der Waals surface area contributed by atoms with Crippen LogP contribution >= 0.6 is 0 Å². The number of nitrogens with zero attached hydrogens (tertiary/aromatic N) is 2. The molecule has 7 nitrogen and oxygen atoms in total.